The van der Waals surface area contributed by atoms with E-state index >= 15 is 0 Å². The number of hydrogen-bond donors (Lipinski definition) is 1. The maximum Gasteiger partial charge on any atom is 0.494 e. The standard InChI is InChI=1S/C18H28BNO4S/c1-12(2)25(21,22)20-16-11-15(16)13-7-9-14(10-8-13)19-23-17(3,4)18(5,6)24-19/h7-10,12,15-16,20H,11H2,1-6H3/t15-,16+/m1/s1. The van der Waals surface area contributed by atoms with Gasteiger partial charge in [-0.1, -0.05) is 24.3 Å². The Balaban J connectivity index is 1.65. The van der Waals surface area contributed by atoms with Crippen LogP contribution in [0.1, 0.15) is 59.4 Å². The molecule has 138 valence electrons. The first-order valence-electron chi connectivity index (χ1n) is 8.89. The summed E-state index contributed by atoms with van der Waals surface area (Å²) in [6.07, 6.45) is 0.849. The van der Waals surface area contributed by atoms with Crippen LogP contribution in [0.2, 0.25) is 0 Å². The molecule has 1 saturated heterocycles. The van der Waals surface area contributed by atoms with Crippen LogP contribution < -0.4 is 10.2 Å². The van der Waals surface area contributed by atoms with E-state index in [0.29, 0.717) is 0 Å². The van der Waals surface area contributed by atoms with Crippen molar-refractivity contribution in [3.63, 3.8) is 0 Å². The van der Waals surface area contributed by atoms with Crippen molar-refractivity contribution in [3.05, 3.63) is 29.8 Å². The van der Waals surface area contributed by atoms with Gasteiger partial charge in [0.15, 0.2) is 0 Å². The van der Waals surface area contributed by atoms with Crippen LogP contribution in [0.4, 0.5) is 0 Å². The molecule has 0 spiro atoms. The zero-order chi connectivity index (χ0) is 18.6. The second kappa shape index (κ2) is 6.08. The highest BCUT2D eigenvalue weighted by atomic mass is 32.2. The Hall–Kier alpha value is -0.885. The van der Waals surface area contributed by atoms with Gasteiger partial charge in [-0.25, -0.2) is 13.1 Å². The van der Waals surface area contributed by atoms with Crippen LogP contribution in [0.3, 0.4) is 0 Å². The summed E-state index contributed by atoms with van der Waals surface area (Å²) in [7, 11) is -3.58. The highest BCUT2D eigenvalue weighted by Crippen LogP contribution is 2.41. The van der Waals surface area contributed by atoms with Crippen molar-refractivity contribution < 1.29 is 17.7 Å². The molecule has 1 aliphatic carbocycles. The van der Waals surface area contributed by atoms with E-state index in [-0.39, 0.29) is 30.3 Å². The van der Waals surface area contributed by atoms with E-state index in [0.717, 1.165) is 17.4 Å². The van der Waals surface area contributed by atoms with Crippen LogP contribution in [0, 0.1) is 0 Å². The number of nitrogens with one attached hydrogen (secondary N) is 1. The monoisotopic (exact) mass is 365 g/mol. The summed E-state index contributed by atoms with van der Waals surface area (Å²) in [6.45, 7) is 11.5. The van der Waals surface area contributed by atoms with Gasteiger partial charge in [-0.05, 0) is 59.0 Å². The molecule has 1 saturated carbocycles. The van der Waals surface area contributed by atoms with Crippen LogP contribution in [-0.2, 0) is 19.3 Å². The van der Waals surface area contributed by atoms with Gasteiger partial charge in [-0.15, -0.1) is 0 Å². The van der Waals surface area contributed by atoms with Crippen LogP contribution >= 0.6 is 0 Å². The number of hydrogen-bond acceptors (Lipinski definition) is 4. The van der Waals surface area contributed by atoms with Gasteiger partial charge >= 0.3 is 7.12 Å². The number of benzene rings is 1. The third-order valence-electron chi connectivity index (χ3n) is 5.62. The molecular formula is C18H28BNO4S. The first-order chi connectivity index (χ1) is 11.4. The molecule has 0 aromatic heterocycles. The Morgan fingerprint density at radius 3 is 2.08 bits per heavy atom. The van der Waals surface area contributed by atoms with Crippen molar-refractivity contribution in [2.75, 3.05) is 0 Å². The van der Waals surface area contributed by atoms with Crippen molar-refractivity contribution in [2.45, 2.75) is 76.4 Å². The van der Waals surface area contributed by atoms with Crippen molar-refractivity contribution in [3.8, 4) is 0 Å². The molecule has 1 aliphatic heterocycles. The Bertz CT molecular complexity index is 727. The largest absolute Gasteiger partial charge is 0.494 e. The van der Waals surface area contributed by atoms with Crippen LogP contribution in [0.25, 0.3) is 0 Å². The molecule has 5 nitrogen and oxygen atoms in total. The molecule has 25 heavy (non-hydrogen) atoms. The Morgan fingerprint density at radius 1 is 1.08 bits per heavy atom. The molecule has 0 bridgehead atoms. The molecule has 0 amide bonds. The summed E-state index contributed by atoms with van der Waals surface area (Å²) in [4.78, 5) is 0. The maximum absolute atomic E-state index is 12.0. The first-order valence-corrected chi connectivity index (χ1v) is 10.4. The third kappa shape index (κ3) is 3.65. The quantitative estimate of drug-likeness (QED) is 0.813. The third-order valence-corrected chi connectivity index (χ3v) is 7.49. The minimum atomic E-state index is -3.21. The molecule has 2 atom stereocenters. The molecule has 0 unspecified atom stereocenters. The molecular weight excluding hydrogens is 337 g/mol. The molecule has 2 fully saturated rings. The highest BCUT2D eigenvalue weighted by Gasteiger charge is 2.51. The Kier molecular flexibility index (Phi) is 4.60. The molecule has 1 heterocycles. The van der Waals surface area contributed by atoms with Gasteiger partial charge in [0.2, 0.25) is 10.0 Å². The van der Waals surface area contributed by atoms with Crippen LogP contribution in [0.15, 0.2) is 24.3 Å². The smallest absolute Gasteiger partial charge is 0.399 e. The highest BCUT2D eigenvalue weighted by molar-refractivity contribution is 7.90. The Labute approximate surface area is 151 Å². The average Bonchev–Trinajstić information content (AvgIpc) is 3.19. The van der Waals surface area contributed by atoms with E-state index < -0.39 is 15.3 Å². The van der Waals surface area contributed by atoms with E-state index in [1.165, 1.54) is 0 Å². The number of sulfonamides is 1. The van der Waals surface area contributed by atoms with Crippen molar-refractivity contribution in [1.29, 1.82) is 0 Å². The second-order valence-electron chi connectivity index (χ2n) is 8.42. The van der Waals surface area contributed by atoms with Gasteiger partial charge in [0.25, 0.3) is 0 Å². The molecule has 1 aromatic carbocycles. The van der Waals surface area contributed by atoms with Gasteiger partial charge in [0, 0.05) is 12.0 Å². The van der Waals surface area contributed by atoms with Crippen molar-refractivity contribution >= 4 is 22.6 Å². The lowest BCUT2D eigenvalue weighted by molar-refractivity contribution is 0.00578. The average molecular weight is 365 g/mol. The lowest BCUT2D eigenvalue weighted by Gasteiger charge is -2.32. The normalized spacial score (nSPS) is 27.7. The minimum absolute atomic E-state index is 0.00935. The summed E-state index contributed by atoms with van der Waals surface area (Å²) in [5.41, 5.74) is 1.43. The van der Waals surface area contributed by atoms with Gasteiger partial charge < -0.3 is 9.31 Å². The summed E-state index contributed by atoms with van der Waals surface area (Å²) in [5.74, 6) is 0.251. The second-order valence-corrected chi connectivity index (χ2v) is 10.7. The predicted molar refractivity (Wildman–Crippen MR) is 100 cm³/mol. The van der Waals surface area contributed by atoms with Crippen LogP contribution in [-0.4, -0.2) is 38.0 Å². The molecule has 0 radical (unpaired) electrons. The fraction of sp³-hybridized carbons (Fsp3) is 0.667. The van der Waals surface area contributed by atoms with Gasteiger partial charge in [0.1, 0.15) is 0 Å². The summed E-state index contributed by atoms with van der Waals surface area (Å²) in [6, 6.07) is 8.15. The predicted octanol–water partition coefficient (Wildman–Crippen LogP) is 2.17. The molecule has 3 rings (SSSR count). The van der Waals surface area contributed by atoms with Gasteiger partial charge in [0.05, 0.1) is 16.5 Å². The fourth-order valence-corrected chi connectivity index (χ4v) is 3.87. The van der Waals surface area contributed by atoms with E-state index in [1.54, 1.807) is 13.8 Å². The molecule has 1 N–H and O–H groups in total. The molecule has 7 heteroatoms. The summed E-state index contributed by atoms with van der Waals surface area (Å²) >= 11 is 0. The van der Waals surface area contributed by atoms with E-state index in [2.05, 4.69) is 16.9 Å². The van der Waals surface area contributed by atoms with Crippen molar-refractivity contribution in [1.82, 2.24) is 4.72 Å². The summed E-state index contributed by atoms with van der Waals surface area (Å²) in [5, 5.41) is -0.403. The topological polar surface area (TPSA) is 64.6 Å². The zero-order valence-corrected chi connectivity index (χ0v) is 16.7. The first kappa shape index (κ1) is 18.9. The SMILES string of the molecule is CC(C)S(=O)(=O)N[C@H]1C[C@@H]1c1ccc(B2OC(C)(C)C(C)(C)O2)cc1. The van der Waals surface area contributed by atoms with Crippen LogP contribution in [0.5, 0.6) is 0 Å². The zero-order valence-electron chi connectivity index (χ0n) is 15.9. The fourth-order valence-electron chi connectivity index (χ4n) is 2.92. The van der Waals surface area contributed by atoms with Crippen molar-refractivity contribution in [2.24, 2.45) is 0 Å². The summed E-state index contributed by atoms with van der Waals surface area (Å²) < 4.78 is 38.9. The lowest BCUT2D eigenvalue weighted by Crippen LogP contribution is -2.41. The van der Waals surface area contributed by atoms with E-state index in [4.69, 9.17) is 9.31 Å². The molecule has 1 aromatic rings. The lowest BCUT2D eigenvalue weighted by atomic mass is 9.78. The number of rotatable bonds is 5. The molecule has 2 aliphatic rings. The maximum atomic E-state index is 12.0. The van der Waals surface area contributed by atoms with E-state index in [9.17, 15) is 8.42 Å². The Morgan fingerprint density at radius 2 is 1.60 bits per heavy atom. The van der Waals surface area contributed by atoms with Gasteiger partial charge in [-0.2, -0.15) is 0 Å². The van der Waals surface area contributed by atoms with E-state index in [1.807, 2.05) is 39.8 Å². The van der Waals surface area contributed by atoms with Gasteiger partial charge in [-0.3, -0.25) is 0 Å². The minimum Gasteiger partial charge on any atom is -0.399 e.